The van der Waals surface area contributed by atoms with Crippen LogP contribution >= 0.6 is 24.0 Å². The molecule has 30 heavy (non-hydrogen) atoms. The molecule has 1 unspecified atom stereocenters. The summed E-state index contributed by atoms with van der Waals surface area (Å²) in [6, 6.07) is 3.91. The average Bonchev–Trinajstić information content (AvgIpc) is 3.30. The highest BCUT2D eigenvalue weighted by molar-refractivity contribution is 14.0. The molecule has 1 saturated heterocycles. The van der Waals surface area contributed by atoms with Gasteiger partial charge in [0, 0.05) is 45.8 Å². The summed E-state index contributed by atoms with van der Waals surface area (Å²) in [5, 5.41) is 6.40. The maximum Gasteiger partial charge on any atom is 0.407 e. The van der Waals surface area contributed by atoms with Crippen molar-refractivity contribution in [1.82, 2.24) is 15.5 Å². The van der Waals surface area contributed by atoms with Crippen LogP contribution in [0.5, 0.6) is 0 Å². The van der Waals surface area contributed by atoms with Crippen LogP contribution in [0.3, 0.4) is 0 Å². The number of guanidine groups is 1. The van der Waals surface area contributed by atoms with Gasteiger partial charge in [0.2, 0.25) is 0 Å². The van der Waals surface area contributed by atoms with E-state index in [2.05, 4.69) is 15.5 Å². The van der Waals surface area contributed by atoms with Crippen molar-refractivity contribution < 1.29 is 18.7 Å². The van der Waals surface area contributed by atoms with Gasteiger partial charge in [0.25, 0.3) is 0 Å². The molecule has 1 fully saturated rings. The van der Waals surface area contributed by atoms with E-state index in [0.717, 1.165) is 50.7 Å². The van der Waals surface area contributed by atoms with Crippen molar-refractivity contribution in [3.05, 3.63) is 24.2 Å². The third kappa shape index (κ3) is 10.5. The van der Waals surface area contributed by atoms with Crippen LogP contribution in [0, 0.1) is 0 Å². The number of halogens is 1. The Hall–Kier alpha value is -1.49. The second-order valence-electron chi connectivity index (χ2n) is 8.09. The first-order chi connectivity index (χ1) is 13.9. The van der Waals surface area contributed by atoms with E-state index < -0.39 is 5.60 Å². The standard InChI is InChI=1S/C21H36N4O4.HI/c1-5-27-14-7-11-22-19(23-12-9-18-8-6-15-28-18)25-13-10-17(16-25)24-20(26)29-21(2,3)4;/h6,8,15,17H,5,7,9-14,16H2,1-4H3,(H,22,23)(H,24,26);1H. The summed E-state index contributed by atoms with van der Waals surface area (Å²) in [5.41, 5.74) is -0.497. The number of alkyl carbamates (subject to hydrolysis) is 1. The van der Waals surface area contributed by atoms with Gasteiger partial charge in [-0.25, -0.2) is 4.79 Å². The maximum atomic E-state index is 12.0. The molecule has 0 spiro atoms. The largest absolute Gasteiger partial charge is 0.469 e. The molecule has 0 aromatic carbocycles. The quantitative estimate of drug-likeness (QED) is 0.218. The minimum atomic E-state index is -0.497. The number of carbonyl (C=O) groups excluding carboxylic acids is 1. The number of nitrogens with zero attached hydrogens (tertiary/aromatic N) is 2. The lowest BCUT2D eigenvalue weighted by molar-refractivity contribution is 0.0507. The van der Waals surface area contributed by atoms with Crippen molar-refractivity contribution in [2.45, 2.75) is 58.6 Å². The number of aliphatic imine (C=N–C) groups is 1. The summed E-state index contributed by atoms with van der Waals surface area (Å²) in [5.74, 6) is 1.81. The molecule has 1 aromatic rings. The average molecular weight is 536 g/mol. The molecule has 9 heteroatoms. The highest BCUT2D eigenvalue weighted by atomic mass is 127. The molecule has 2 heterocycles. The smallest absolute Gasteiger partial charge is 0.407 e. The van der Waals surface area contributed by atoms with E-state index in [0.29, 0.717) is 19.7 Å². The monoisotopic (exact) mass is 536 g/mol. The van der Waals surface area contributed by atoms with E-state index in [9.17, 15) is 4.79 Å². The van der Waals surface area contributed by atoms with E-state index >= 15 is 0 Å². The van der Waals surface area contributed by atoms with Crippen molar-refractivity contribution >= 4 is 36.0 Å². The van der Waals surface area contributed by atoms with Crippen LogP contribution < -0.4 is 10.6 Å². The lowest BCUT2D eigenvalue weighted by Crippen LogP contribution is -2.44. The normalized spacial score (nSPS) is 16.9. The van der Waals surface area contributed by atoms with Crippen molar-refractivity contribution in [3.63, 3.8) is 0 Å². The van der Waals surface area contributed by atoms with Crippen molar-refractivity contribution in [2.24, 2.45) is 4.99 Å². The topological polar surface area (TPSA) is 88.3 Å². The lowest BCUT2D eigenvalue weighted by Gasteiger charge is -2.23. The Bertz CT molecular complexity index is 631. The molecule has 172 valence electrons. The number of amides is 1. The number of furan rings is 1. The fourth-order valence-electron chi connectivity index (χ4n) is 3.06. The third-order valence-electron chi connectivity index (χ3n) is 4.36. The number of likely N-dealkylation sites (tertiary alicyclic amines) is 1. The molecular weight excluding hydrogens is 499 g/mol. The van der Waals surface area contributed by atoms with Crippen molar-refractivity contribution in [2.75, 3.05) is 39.4 Å². The number of nitrogens with one attached hydrogen (secondary N) is 2. The zero-order chi connectivity index (χ0) is 21.1. The molecule has 0 saturated carbocycles. The maximum absolute atomic E-state index is 12.0. The van der Waals surface area contributed by atoms with Crippen LogP contribution in [-0.2, 0) is 15.9 Å². The molecule has 1 aromatic heterocycles. The van der Waals surface area contributed by atoms with Gasteiger partial charge >= 0.3 is 6.09 Å². The lowest BCUT2D eigenvalue weighted by atomic mass is 10.2. The van der Waals surface area contributed by atoms with Crippen LogP contribution in [0.25, 0.3) is 0 Å². The SMILES string of the molecule is CCOCCCN=C(NCCc1ccco1)N1CCC(NC(=O)OC(C)(C)C)C1.I. The van der Waals surface area contributed by atoms with E-state index in [1.54, 1.807) is 6.26 Å². The minimum absolute atomic E-state index is 0. The molecule has 2 rings (SSSR count). The predicted octanol–water partition coefficient (Wildman–Crippen LogP) is 3.41. The summed E-state index contributed by atoms with van der Waals surface area (Å²) in [4.78, 5) is 19.0. The zero-order valence-electron chi connectivity index (χ0n) is 18.6. The zero-order valence-corrected chi connectivity index (χ0v) is 20.9. The molecule has 1 atom stereocenters. The van der Waals surface area contributed by atoms with Gasteiger partial charge in [0.15, 0.2) is 5.96 Å². The predicted molar refractivity (Wildman–Crippen MR) is 129 cm³/mol. The summed E-state index contributed by atoms with van der Waals surface area (Å²) in [6.07, 6.45) is 3.84. The van der Waals surface area contributed by atoms with Gasteiger partial charge in [0.05, 0.1) is 12.3 Å². The van der Waals surface area contributed by atoms with Gasteiger partial charge in [0.1, 0.15) is 11.4 Å². The second-order valence-corrected chi connectivity index (χ2v) is 8.09. The number of rotatable bonds is 9. The third-order valence-corrected chi connectivity index (χ3v) is 4.36. The number of hydrogen-bond donors (Lipinski definition) is 2. The number of hydrogen-bond acceptors (Lipinski definition) is 5. The van der Waals surface area contributed by atoms with Crippen molar-refractivity contribution in [3.8, 4) is 0 Å². The molecule has 1 amide bonds. The minimum Gasteiger partial charge on any atom is -0.469 e. The van der Waals surface area contributed by atoms with Gasteiger partial charge in [-0.15, -0.1) is 24.0 Å². The van der Waals surface area contributed by atoms with Crippen LogP contribution in [0.15, 0.2) is 27.8 Å². The van der Waals surface area contributed by atoms with E-state index in [1.165, 1.54) is 0 Å². The first kappa shape index (κ1) is 26.5. The Morgan fingerprint density at radius 1 is 1.40 bits per heavy atom. The highest BCUT2D eigenvalue weighted by Crippen LogP contribution is 2.12. The first-order valence-electron chi connectivity index (χ1n) is 10.5. The Kier molecular flexibility index (Phi) is 12.2. The molecule has 8 nitrogen and oxygen atoms in total. The van der Waals surface area contributed by atoms with E-state index in [-0.39, 0.29) is 36.1 Å². The fourth-order valence-corrected chi connectivity index (χ4v) is 3.06. The van der Waals surface area contributed by atoms with Gasteiger partial charge in [-0.2, -0.15) is 0 Å². The number of carbonyl (C=O) groups is 1. The Morgan fingerprint density at radius 3 is 2.87 bits per heavy atom. The fraction of sp³-hybridized carbons (Fsp3) is 0.714. The summed E-state index contributed by atoms with van der Waals surface area (Å²) < 4.78 is 16.2. The van der Waals surface area contributed by atoms with Crippen LogP contribution in [0.1, 0.15) is 46.3 Å². The molecule has 0 bridgehead atoms. The van der Waals surface area contributed by atoms with E-state index in [1.807, 2.05) is 39.8 Å². The number of ether oxygens (including phenoxy) is 2. The molecular formula is C21H37IN4O4. The summed E-state index contributed by atoms with van der Waals surface area (Å²) >= 11 is 0. The van der Waals surface area contributed by atoms with E-state index in [4.69, 9.17) is 18.9 Å². The molecule has 1 aliphatic heterocycles. The summed E-state index contributed by atoms with van der Waals surface area (Å²) in [7, 11) is 0. The highest BCUT2D eigenvalue weighted by Gasteiger charge is 2.27. The molecule has 0 aliphatic carbocycles. The first-order valence-corrected chi connectivity index (χ1v) is 10.5. The second kappa shape index (κ2) is 13.7. The van der Waals surface area contributed by atoms with Crippen LogP contribution in [0.2, 0.25) is 0 Å². The Labute approximate surface area is 197 Å². The molecule has 0 radical (unpaired) electrons. The molecule has 1 aliphatic rings. The summed E-state index contributed by atoms with van der Waals surface area (Å²) in [6.45, 7) is 12.0. The van der Waals surface area contributed by atoms with Crippen molar-refractivity contribution in [1.29, 1.82) is 0 Å². The van der Waals surface area contributed by atoms with Gasteiger partial charge in [-0.1, -0.05) is 0 Å². The van der Waals surface area contributed by atoms with Crippen LogP contribution in [-0.4, -0.2) is 68.0 Å². The van der Waals surface area contributed by atoms with Gasteiger partial charge in [-0.3, -0.25) is 4.99 Å². The van der Waals surface area contributed by atoms with Gasteiger partial charge < -0.3 is 29.4 Å². The molecule has 2 N–H and O–H groups in total. The van der Waals surface area contributed by atoms with Crippen LogP contribution in [0.4, 0.5) is 4.79 Å². The Morgan fingerprint density at radius 2 is 2.20 bits per heavy atom. The Balaban J connectivity index is 0.00000450. The van der Waals surface area contributed by atoms with Gasteiger partial charge in [-0.05, 0) is 52.7 Å².